The predicted molar refractivity (Wildman–Crippen MR) is 64.1 cm³/mol. The summed E-state index contributed by atoms with van der Waals surface area (Å²) in [6.07, 6.45) is -2.62. The number of alkyl halides is 2. The number of fused-ring (bicyclic) bond motifs is 1. The first kappa shape index (κ1) is 11.7. The highest BCUT2D eigenvalue weighted by atomic mass is 79.9. The monoisotopic (exact) mass is 305 g/mol. The van der Waals surface area contributed by atoms with Crippen molar-refractivity contribution in [1.29, 1.82) is 0 Å². The van der Waals surface area contributed by atoms with Gasteiger partial charge in [-0.2, -0.15) is 0 Å². The summed E-state index contributed by atoms with van der Waals surface area (Å²) in [4.78, 5) is 3.89. The van der Waals surface area contributed by atoms with E-state index in [9.17, 15) is 8.78 Å². The first-order chi connectivity index (χ1) is 7.49. The molecule has 1 heterocycles. The van der Waals surface area contributed by atoms with E-state index in [1.807, 2.05) is 19.1 Å². The third-order valence-corrected chi connectivity index (χ3v) is 3.12. The minimum atomic E-state index is -2.62. The molecule has 1 nitrogen and oxygen atoms in total. The largest absolute Gasteiger partial charge is 0.280 e. The molecule has 0 unspecified atom stereocenters. The number of hydrogen-bond donors (Lipinski definition) is 0. The highest BCUT2D eigenvalue weighted by molar-refractivity contribution is 9.10. The third kappa shape index (κ3) is 2.04. The van der Waals surface area contributed by atoms with Gasteiger partial charge in [0.05, 0.1) is 10.5 Å². The normalized spacial score (nSPS) is 11.4. The molecule has 1 aromatic heterocycles. The molecule has 0 aliphatic carbocycles. The van der Waals surface area contributed by atoms with Crippen LogP contribution in [0.1, 0.15) is 17.7 Å². The SMILES string of the molecule is Cc1cc(Br)c2nc(C(F)F)cc(Cl)c2c1. The van der Waals surface area contributed by atoms with Crippen molar-refractivity contribution in [2.45, 2.75) is 13.3 Å². The fourth-order valence-electron chi connectivity index (χ4n) is 1.51. The second kappa shape index (κ2) is 4.26. The maximum atomic E-state index is 12.5. The number of rotatable bonds is 1. The first-order valence-corrected chi connectivity index (χ1v) is 5.70. The third-order valence-electron chi connectivity index (χ3n) is 2.20. The number of benzene rings is 1. The zero-order chi connectivity index (χ0) is 11.9. The molecule has 0 amide bonds. The van der Waals surface area contributed by atoms with Gasteiger partial charge in [-0.05, 0) is 46.6 Å². The van der Waals surface area contributed by atoms with Gasteiger partial charge in [0.1, 0.15) is 5.69 Å². The molecule has 0 atom stereocenters. The van der Waals surface area contributed by atoms with Gasteiger partial charge >= 0.3 is 0 Å². The minimum absolute atomic E-state index is 0.296. The first-order valence-electron chi connectivity index (χ1n) is 4.53. The van der Waals surface area contributed by atoms with E-state index in [1.54, 1.807) is 0 Å². The van der Waals surface area contributed by atoms with Gasteiger partial charge in [0.15, 0.2) is 0 Å². The van der Waals surface area contributed by atoms with Crippen molar-refractivity contribution in [2.24, 2.45) is 0 Å². The smallest absolute Gasteiger partial charge is 0.246 e. The molecule has 0 saturated heterocycles. The van der Waals surface area contributed by atoms with Crippen molar-refractivity contribution >= 4 is 38.4 Å². The van der Waals surface area contributed by atoms with Crippen LogP contribution < -0.4 is 0 Å². The molecule has 0 N–H and O–H groups in total. The van der Waals surface area contributed by atoms with Gasteiger partial charge in [0.2, 0.25) is 0 Å². The van der Waals surface area contributed by atoms with Crippen LogP contribution in [0.3, 0.4) is 0 Å². The van der Waals surface area contributed by atoms with Crippen LogP contribution in [0.25, 0.3) is 10.9 Å². The van der Waals surface area contributed by atoms with Crippen LogP contribution in [0.15, 0.2) is 22.7 Å². The Morgan fingerprint density at radius 3 is 2.62 bits per heavy atom. The molecule has 84 valence electrons. The summed E-state index contributed by atoms with van der Waals surface area (Å²) in [6, 6.07) is 4.85. The average Bonchev–Trinajstić information content (AvgIpc) is 2.19. The zero-order valence-electron chi connectivity index (χ0n) is 8.27. The number of halogens is 4. The molecule has 0 aliphatic rings. The van der Waals surface area contributed by atoms with Crippen LogP contribution in [0, 0.1) is 6.92 Å². The van der Waals surface area contributed by atoms with E-state index in [2.05, 4.69) is 20.9 Å². The summed E-state index contributed by atoms with van der Waals surface area (Å²) in [5, 5.41) is 0.975. The van der Waals surface area contributed by atoms with Crippen molar-refractivity contribution in [1.82, 2.24) is 4.98 Å². The molecule has 0 spiro atoms. The van der Waals surface area contributed by atoms with Crippen LogP contribution in [-0.4, -0.2) is 4.98 Å². The molecule has 0 bridgehead atoms. The van der Waals surface area contributed by atoms with E-state index in [0.29, 0.717) is 20.4 Å². The molecule has 0 radical (unpaired) electrons. The summed E-state index contributed by atoms with van der Waals surface area (Å²) in [5.41, 5.74) is 1.16. The van der Waals surface area contributed by atoms with E-state index in [-0.39, 0.29) is 5.69 Å². The Bertz CT molecular complexity index is 557. The van der Waals surface area contributed by atoms with Gasteiger partial charge in [0.25, 0.3) is 6.43 Å². The summed E-state index contributed by atoms with van der Waals surface area (Å²) >= 11 is 9.26. The maximum Gasteiger partial charge on any atom is 0.280 e. The molecular weight excluding hydrogens is 299 g/mol. The number of aromatic nitrogens is 1. The predicted octanol–water partition coefficient (Wildman–Crippen LogP) is 4.90. The van der Waals surface area contributed by atoms with E-state index in [0.717, 1.165) is 5.56 Å². The van der Waals surface area contributed by atoms with E-state index in [4.69, 9.17) is 11.6 Å². The Balaban J connectivity index is 2.82. The maximum absolute atomic E-state index is 12.5. The summed E-state index contributed by atoms with van der Waals surface area (Å²) < 4.78 is 25.8. The highest BCUT2D eigenvalue weighted by Gasteiger charge is 2.14. The molecule has 2 rings (SSSR count). The zero-order valence-corrected chi connectivity index (χ0v) is 10.6. The Kier molecular flexibility index (Phi) is 3.13. The topological polar surface area (TPSA) is 12.9 Å². The van der Waals surface area contributed by atoms with Gasteiger partial charge in [0, 0.05) is 9.86 Å². The summed E-state index contributed by atoms with van der Waals surface area (Å²) in [6.45, 7) is 1.90. The van der Waals surface area contributed by atoms with Crippen LogP contribution >= 0.6 is 27.5 Å². The second-order valence-electron chi connectivity index (χ2n) is 3.47. The van der Waals surface area contributed by atoms with Crippen LogP contribution in [0.2, 0.25) is 5.02 Å². The number of pyridine rings is 1. The standard InChI is InChI=1S/C11H7BrClF2N/c1-5-2-6-8(13)4-9(11(14)15)16-10(6)7(12)3-5/h2-4,11H,1H3. The Morgan fingerprint density at radius 2 is 2.00 bits per heavy atom. The fourth-order valence-corrected chi connectivity index (χ4v) is 2.43. The van der Waals surface area contributed by atoms with Crippen molar-refractivity contribution < 1.29 is 8.78 Å². The lowest BCUT2D eigenvalue weighted by Gasteiger charge is -2.07. The van der Waals surface area contributed by atoms with Crippen LogP contribution in [0.5, 0.6) is 0 Å². The molecule has 0 saturated carbocycles. The Labute approximate surface area is 105 Å². The quantitative estimate of drug-likeness (QED) is 0.730. The number of hydrogen-bond acceptors (Lipinski definition) is 1. The Hall–Kier alpha value is -0.740. The lowest BCUT2D eigenvalue weighted by Crippen LogP contribution is -1.93. The molecule has 0 fully saturated rings. The second-order valence-corrected chi connectivity index (χ2v) is 4.73. The van der Waals surface area contributed by atoms with Crippen molar-refractivity contribution in [3.8, 4) is 0 Å². The molecule has 16 heavy (non-hydrogen) atoms. The number of aryl methyl sites for hydroxylation is 1. The molecule has 0 aliphatic heterocycles. The van der Waals surface area contributed by atoms with E-state index < -0.39 is 6.43 Å². The van der Waals surface area contributed by atoms with Crippen molar-refractivity contribution in [3.63, 3.8) is 0 Å². The van der Waals surface area contributed by atoms with Crippen LogP contribution in [0.4, 0.5) is 8.78 Å². The fraction of sp³-hybridized carbons (Fsp3) is 0.182. The van der Waals surface area contributed by atoms with Gasteiger partial charge in [-0.15, -0.1) is 0 Å². The molecule has 2 aromatic rings. The van der Waals surface area contributed by atoms with Gasteiger partial charge in [-0.1, -0.05) is 11.6 Å². The van der Waals surface area contributed by atoms with Gasteiger partial charge in [-0.25, -0.2) is 13.8 Å². The van der Waals surface area contributed by atoms with Gasteiger partial charge < -0.3 is 0 Å². The summed E-state index contributed by atoms with van der Waals surface area (Å²) in [7, 11) is 0. The molecular formula is C11H7BrClF2N. The lowest BCUT2D eigenvalue weighted by atomic mass is 10.1. The number of nitrogens with zero attached hydrogens (tertiary/aromatic N) is 1. The minimum Gasteiger partial charge on any atom is -0.246 e. The van der Waals surface area contributed by atoms with E-state index >= 15 is 0 Å². The summed E-state index contributed by atoms with van der Waals surface area (Å²) in [5.74, 6) is 0. The average molecular weight is 307 g/mol. The Morgan fingerprint density at radius 1 is 1.31 bits per heavy atom. The van der Waals surface area contributed by atoms with Gasteiger partial charge in [-0.3, -0.25) is 0 Å². The van der Waals surface area contributed by atoms with Crippen molar-refractivity contribution in [2.75, 3.05) is 0 Å². The molecule has 5 heteroatoms. The highest BCUT2D eigenvalue weighted by Crippen LogP contribution is 2.32. The lowest BCUT2D eigenvalue weighted by molar-refractivity contribution is 0.146. The van der Waals surface area contributed by atoms with Crippen LogP contribution in [-0.2, 0) is 0 Å². The van der Waals surface area contributed by atoms with Crippen molar-refractivity contribution in [3.05, 3.63) is 39.0 Å². The van der Waals surface area contributed by atoms with E-state index in [1.165, 1.54) is 6.07 Å². The molecule has 1 aromatic carbocycles.